The number of aromatic nitrogens is 1. The summed E-state index contributed by atoms with van der Waals surface area (Å²) in [5, 5.41) is 6.22. The molecule has 0 unspecified atom stereocenters. The van der Waals surface area contributed by atoms with E-state index in [1.165, 1.54) is 12.3 Å². The van der Waals surface area contributed by atoms with Crippen LogP contribution in [0.2, 0.25) is 5.02 Å². The normalized spacial score (nSPS) is 10.4. The zero-order valence-electron chi connectivity index (χ0n) is 15.6. The summed E-state index contributed by atoms with van der Waals surface area (Å²) in [7, 11) is 0. The van der Waals surface area contributed by atoms with E-state index in [9.17, 15) is 9.59 Å². The Balaban J connectivity index is 1.69. The molecule has 0 bridgehead atoms. The second kappa shape index (κ2) is 8.67. The first-order chi connectivity index (χ1) is 13.4. The van der Waals surface area contributed by atoms with Crippen LogP contribution in [0.15, 0.2) is 60.8 Å². The average Bonchev–Trinajstić information content (AvgIpc) is 2.69. The maximum absolute atomic E-state index is 12.6. The minimum atomic E-state index is -0.374. The molecule has 0 saturated carbocycles. The van der Waals surface area contributed by atoms with Crippen LogP contribution >= 0.6 is 11.6 Å². The molecule has 5 nitrogen and oxygen atoms in total. The first kappa shape index (κ1) is 19.6. The molecule has 0 fully saturated rings. The van der Waals surface area contributed by atoms with Crippen molar-refractivity contribution >= 4 is 29.1 Å². The van der Waals surface area contributed by atoms with Crippen molar-refractivity contribution in [1.29, 1.82) is 0 Å². The Bertz CT molecular complexity index is 1030. The Morgan fingerprint density at radius 3 is 2.54 bits per heavy atom. The highest BCUT2D eigenvalue weighted by atomic mass is 35.5. The molecule has 0 aliphatic heterocycles. The van der Waals surface area contributed by atoms with Gasteiger partial charge in [0.2, 0.25) is 0 Å². The number of anilines is 1. The van der Waals surface area contributed by atoms with E-state index in [1.807, 2.05) is 50.2 Å². The summed E-state index contributed by atoms with van der Waals surface area (Å²) in [6.45, 7) is 4.21. The van der Waals surface area contributed by atoms with Crippen molar-refractivity contribution in [3.8, 4) is 0 Å². The molecule has 3 aromatic rings. The maximum Gasteiger partial charge on any atom is 0.270 e. The van der Waals surface area contributed by atoms with Gasteiger partial charge in [-0.25, -0.2) is 0 Å². The van der Waals surface area contributed by atoms with Gasteiger partial charge in [-0.2, -0.15) is 0 Å². The molecule has 3 rings (SSSR count). The number of carbonyl (C=O) groups is 2. The molecule has 0 radical (unpaired) electrons. The smallest absolute Gasteiger partial charge is 0.270 e. The summed E-state index contributed by atoms with van der Waals surface area (Å²) in [5.41, 5.74) is 4.16. The monoisotopic (exact) mass is 393 g/mol. The fraction of sp³-hybridized carbons (Fsp3) is 0.136. The van der Waals surface area contributed by atoms with E-state index in [1.54, 1.807) is 12.1 Å². The van der Waals surface area contributed by atoms with Crippen LogP contribution in [0.4, 0.5) is 5.69 Å². The molecule has 2 amide bonds. The molecule has 0 aliphatic carbocycles. The number of nitrogens with one attached hydrogen (secondary N) is 2. The van der Waals surface area contributed by atoms with E-state index in [0.717, 1.165) is 22.4 Å². The molecule has 0 spiro atoms. The zero-order valence-corrected chi connectivity index (χ0v) is 16.4. The fourth-order valence-corrected chi connectivity index (χ4v) is 2.95. The van der Waals surface area contributed by atoms with Crippen LogP contribution < -0.4 is 10.6 Å². The van der Waals surface area contributed by atoms with Crippen LogP contribution in [0.25, 0.3) is 0 Å². The molecular formula is C22H20ClN3O2. The van der Waals surface area contributed by atoms with Gasteiger partial charge in [0.05, 0.1) is 0 Å². The molecule has 0 saturated heterocycles. The van der Waals surface area contributed by atoms with E-state index in [0.29, 0.717) is 10.6 Å². The summed E-state index contributed by atoms with van der Waals surface area (Å²) >= 11 is 6.10. The van der Waals surface area contributed by atoms with Crippen LogP contribution in [0.3, 0.4) is 0 Å². The number of amides is 2. The van der Waals surface area contributed by atoms with Crippen molar-refractivity contribution in [2.75, 3.05) is 5.32 Å². The van der Waals surface area contributed by atoms with Crippen molar-refractivity contribution in [3.05, 3.63) is 93.8 Å². The summed E-state index contributed by atoms with van der Waals surface area (Å²) in [4.78, 5) is 29.0. The third-order valence-corrected chi connectivity index (χ3v) is 4.65. The van der Waals surface area contributed by atoms with E-state index in [-0.39, 0.29) is 24.1 Å². The lowest BCUT2D eigenvalue weighted by molar-refractivity contribution is 0.0946. The first-order valence-electron chi connectivity index (χ1n) is 8.80. The van der Waals surface area contributed by atoms with Crippen molar-refractivity contribution in [3.63, 3.8) is 0 Å². The number of rotatable bonds is 5. The summed E-state index contributed by atoms with van der Waals surface area (Å²) in [6.07, 6.45) is 1.45. The van der Waals surface area contributed by atoms with Gasteiger partial charge in [-0.05, 0) is 49.2 Å². The Hall–Kier alpha value is -3.18. The molecule has 0 atom stereocenters. The van der Waals surface area contributed by atoms with Crippen LogP contribution in [0, 0.1) is 13.8 Å². The fourth-order valence-electron chi connectivity index (χ4n) is 2.75. The molecule has 1 heterocycles. The average molecular weight is 394 g/mol. The van der Waals surface area contributed by atoms with Gasteiger partial charge in [-0.1, -0.05) is 47.5 Å². The first-order valence-corrected chi connectivity index (χ1v) is 9.18. The SMILES string of the molecule is Cc1ccc(NC(=O)c2ccnc(C(=O)NCc3ccccc3Cl)c2)c(C)c1. The number of hydrogen-bond donors (Lipinski definition) is 2. The van der Waals surface area contributed by atoms with Gasteiger partial charge in [-0.15, -0.1) is 0 Å². The van der Waals surface area contributed by atoms with Crippen molar-refractivity contribution in [1.82, 2.24) is 10.3 Å². The molecule has 6 heteroatoms. The quantitative estimate of drug-likeness (QED) is 0.668. The lowest BCUT2D eigenvalue weighted by Crippen LogP contribution is -2.24. The number of nitrogens with zero attached hydrogens (tertiary/aromatic N) is 1. The second-order valence-electron chi connectivity index (χ2n) is 6.48. The Morgan fingerprint density at radius 2 is 1.79 bits per heavy atom. The summed E-state index contributed by atoms with van der Waals surface area (Å²) < 4.78 is 0. The molecule has 28 heavy (non-hydrogen) atoms. The highest BCUT2D eigenvalue weighted by Crippen LogP contribution is 2.17. The topological polar surface area (TPSA) is 71.1 Å². The number of halogens is 1. The van der Waals surface area contributed by atoms with Crippen molar-refractivity contribution < 1.29 is 9.59 Å². The van der Waals surface area contributed by atoms with Crippen molar-refractivity contribution in [2.24, 2.45) is 0 Å². The van der Waals surface area contributed by atoms with Crippen LogP contribution in [0.5, 0.6) is 0 Å². The van der Waals surface area contributed by atoms with Crippen molar-refractivity contribution in [2.45, 2.75) is 20.4 Å². The highest BCUT2D eigenvalue weighted by molar-refractivity contribution is 6.31. The van der Waals surface area contributed by atoms with Gasteiger partial charge in [0, 0.05) is 29.0 Å². The predicted octanol–water partition coefficient (Wildman–Crippen LogP) is 4.53. The third-order valence-electron chi connectivity index (χ3n) is 4.28. The highest BCUT2D eigenvalue weighted by Gasteiger charge is 2.13. The number of hydrogen-bond acceptors (Lipinski definition) is 3. The van der Waals surface area contributed by atoms with E-state index < -0.39 is 0 Å². The number of pyridine rings is 1. The summed E-state index contributed by atoms with van der Waals surface area (Å²) in [5.74, 6) is -0.671. The Morgan fingerprint density at radius 1 is 1.00 bits per heavy atom. The number of benzene rings is 2. The van der Waals surface area contributed by atoms with Gasteiger partial charge in [0.1, 0.15) is 5.69 Å². The molecule has 0 aliphatic rings. The van der Waals surface area contributed by atoms with Crippen LogP contribution in [0.1, 0.15) is 37.5 Å². The van der Waals surface area contributed by atoms with Crippen LogP contribution in [-0.4, -0.2) is 16.8 Å². The Kier molecular flexibility index (Phi) is 6.06. The summed E-state index contributed by atoms with van der Waals surface area (Å²) in [6, 6.07) is 16.1. The minimum absolute atomic E-state index is 0.167. The Labute approximate surface area is 168 Å². The standard InChI is InChI=1S/C22H20ClN3O2/c1-14-7-8-19(15(2)11-14)26-21(27)16-9-10-24-20(12-16)22(28)25-13-17-5-3-4-6-18(17)23/h3-12H,13H2,1-2H3,(H,25,28)(H,26,27). The van der Waals surface area contributed by atoms with Gasteiger partial charge >= 0.3 is 0 Å². The van der Waals surface area contributed by atoms with Gasteiger partial charge in [0.25, 0.3) is 11.8 Å². The van der Waals surface area contributed by atoms with Crippen LogP contribution in [-0.2, 0) is 6.54 Å². The van der Waals surface area contributed by atoms with E-state index in [2.05, 4.69) is 15.6 Å². The van der Waals surface area contributed by atoms with Gasteiger partial charge in [-0.3, -0.25) is 14.6 Å². The third kappa shape index (κ3) is 4.75. The van der Waals surface area contributed by atoms with Gasteiger partial charge in [0.15, 0.2) is 0 Å². The maximum atomic E-state index is 12.6. The predicted molar refractivity (Wildman–Crippen MR) is 111 cm³/mol. The lowest BCUT2D eigenvalue weighted by atomic mass is 10.1. The van der Waals surface area contributed by atoms with E-state index in [4.69, 9.17) is 11.6 Å². The molecule has 2 N–H and O–H groups in total. The van der Waals surface area contributed by atoms with Gasteiger partial charge < -0.3 is 10.6 Å². The molecule has 2 aromatic carbocycles. The minimum Gasteiger partial charge on any atom is -0.347 e. The zero-order chi connectivity index (χ0) is 20.1. The molecule has 1 aromatic heterocycles. The number of aryl methyl sites for hydroxylation is 2. The van der Waals surface area contributed by atoms with E-state index >= 15 is 0 Å². The molecular weight excluding hydrogens is 374 g/mol. The largest absolute Gasteiger partial charge is 0.347 e. The number of carbonyl (C=O) groups excluding carboxylic acids is 2. The second-order valence-corrected chi connectivity index (χ2v) is 6.88. The lowest BCUT2D eigenvalue weighted by Gasteiger charge is -2.10. The molecule has 142 valence electrons.